The monoisotopic (exact) mass is 429 g/mol. The van der Waals surface area contributed by atoms with Crippen molar-refractivity contribution < 1.29 is 22.8 Å². The van der Waals surface area contributed by atoms with E-state index < -0.39 is 40.2 Å². The largest absolute Gasteiger partial charge is 0.349 e. The van der Waals surface area contributed by atoms with Gasteiger partial charge >= 0.3 is 0 Å². The van der Waals surface area contributed by atoms with Crippen LogP contribution in [0.4, 0.5) is 0 Å². The molecule has 0 saturated heterocycles. The quantitative estimate of drug-likeness (QED) is 0.537. The molecule has 0 aromatic rings. The summed E-state index contributed by atoms with van der Waals surface area (Å²) in [5, 5.41) is 2.75. The molecule has 2 aliphatic carbocycles. The second-order valence-corrected chi connectivity index (χ2v) is 10.3. The molecule has 2 aliphatic rings. The van der Waals surface area contributed by atoms with Gasteiger partial charge in [-0.25, -0.2) is 13.1 Å². The Kier molecular flexibility index (Phi) is 9.07. The lowest BCUT2D eigenvalue weighted by molar-refractivity contribution is -0.147. The summed E-state index contributed by atoms with van der Waals surface area (Å²) >= 11 is 0. The molecule has 29 heavy (non-hydrogen) atoms. The summed E-state index contributed by atoms with van der Waals surface area (Å²) in [7, 11) is -3.53. The molecule has 1 atom stereocenters. The SMILES string of the molecule is CC(C(=O)C(=O)NCC1CCCCC1)N(C(=O)CNS(C)(=O)=O)C1CCCCC1. The topological polar surface area (TPSA) is 113 Å². The molecule has 2 saturated carbocycles. The van der Waals surface area contributed by atoms with Gasteiger partial charge in [0.25, 0.3) is 5.91 Å². The third kappa shape index (κ3) is 7.70. The Bertz CT molecular complexity index is 682. The molecule has 0 aromatic carbocycles. The Hall–Kier alpha value is -1.48. The lowest BCUT2D eigenvalue weighted by atomic mass is 9.89. The molecule has 0 aliphatic heterocycles. The Morgan fingerprint density at radius 2 is 1.52 bits per heavy atom. The molecule has 2 rings (SSSR count). The first kappa shape index (κ1) is 23.8. The highest BCUT2D eigenvalue weighted by molar-refractivity contribution is 7.88. The van der Waals surface area contributed by atoms with E-state index in [1.165, 1.54) is 11.3 Å². The van der Waals surface area contributed by atoms with E-state index in [9.17, 15) is 22.8 Å². The third-order valence-corrected chi connectivity index (χ3v) is 6.71. The molecule has 8 nitrogen and oxygen atoms in total. The molecule has 1 unspecified atom stereocenters. The van der Waals surface area contributed by atoms with Gasteiger partial charge in [0.05, 0.1) is 18.8 Å². The summed E-state index contributed by atoms with van der Waals surface area (Å²) in [5.41, 5.74) is 0. The van der Waals surface area contributed by atoms with Crippen LogP contribution in [0, 0.1) is 5.92 Å². The zero-order chi connectivity index (χ0) is 21.4. The van der Waals surface area contributed by atoms with Crippen molar-refractivity contribution in [2.24, 2.45) is 5.92 Å². The van der Waals surface area contributed by atoms with E-state index in [2.05, 4.69) is 10.0 Å². The van der Waals surface area contributed by atoms with Crippen LogP contribution in [-0.2, 0) is 24.4 Å². The Labute approximate surface area is 174 Å². The fraction of sp³-hybridized carbons (Fsp3) is 0.850. The number of nitrogens with one attached hydrogen (secondary N) is 2. The smallest absolute Gasteiger partial charge is 0.289 e. The summed E-state index contributed by atoms with van der Waals surface area (Å²) < 4.78 is 24.9. The fourth-order valence-electron chi connectivity index (χ4n) is 4.41. The van der Waals surface area contributed by atoms with Crippen LogP contribution in [0.15, 0.2) is 0 Å². The van der Waals surface area contributed by atoms with Crippen LogP contribution in [0.1, 0.15) is 71.1 Å². The maximum Gasteiger partial charge on any atom is 0.289 e. The molecule has 0 radical (unpaired) electrons. The van der Waals surface area contributed by atoms with Gasteiger partial charge in [-0.05, 0) is 38.5 Å². The Morgan fingerprint density at radius 1 is 0.966 bits per heavy atom. The lowest BCUT2D eigenvalue weighted by Gasteiger charge is -2.37. The highest BCUT2D eigenvalue weighted by atomic mass is 32.2. The zero-order valence-corrected chi connectivity index (χ0v) is 18.4. The van der Waals surface area contributed by atoms with Crippen LogP contribution < -0.4 is 10.0 Å². The van der Waals surface area contributed by atoms with E-state index in [0.717, 1.165) is 64.0 Å². The number of Topliss-reactive ketones (excluding diaryl/α,β-unsaturated/α-hetero) is 1. The van der Waals surface area contributed by atoms with Gasteiger partial charge in [-0.1, -0.05) is 38.5 Å². The molecule has 9 heteroatoms. The predicted octanol–water partition coefficient (Wildman–Crippen LogP) is 1.35. The molecular formula is C20H35N3O5S. The van der Waals surface area contributed by atoms with Gasteiger partial charge in [0, 0.05) is 12.6 Å². The molecule has 0 aromatic heterocycles. The summed E-state index contributed by atoms with van der Waals surface area (Å²) in [5.74, 6) is -1.36. The lowest BCUT2D eigenvalue weighted by Crippen LogP contribution is -2.55. The molecule has 166 valence electrons. The van der Waals surface area contributed by atoms with Crippen LogP contribution in [-0.4, -0.2) is 62.3 Å². The molecule has 2 fully saturated rings. The van der Waals surface area contributed by atoms with Crippen molar-refractivity contribution in [1.82, 2.24) is 14.9 Å². The van der Waals surface area contributed by atoms with Crippen molar-refractivity contribution in [1.29, 1.82) is 0 Å². The van der Waals surface area contributed by atoms with E-state index in [1.54, 1.807) is 6.92 Å². The van der Waals surface area contributed by atoms with E-state index in [0.29, 0.717) is 12.5 Å². The Balaban J connectivity index is 2.01. The van der Waals surface area contributed by atoms with E-state index in [-0.39, 0.29) is 6.04 Å². The van der Waals surface area contributed by atoms with Gasteiger partial charge in [-0.3, -0.25) is 14.4 Å². The van der Waals surface area contributed by atoms with E-state index in [4.69, 9.17) is 0 Å². The molecule has 0 heterocycles. The fourth-order valence-corrected chi connectivity index (χ4v) is 4.80. The minimum atomic E-state index is -3.53. The number of ketones is 1. The van der Waals surface area contributed by atoms with E-state index in [1.807, 2.05) is 0 Å². The average molecular weight is 430 g/mol. The van der Waals surface area contributed by atoms with Gasteiger partial charge in [0.1, 0.15) is 0 Å². The standard InChI is InChI=1S/C20H35N3O5S/c1-15(19(25)20(26)21-13-16-9-5-3-6-10-16)23(17-11-7-4-8-12-17)18(24)14-22-29(2,27)28/h15-17,22H,3-14H2,1-2H3,(H,21,26). The molecule has 0 spiro atoms. The van der Waals surface area contributed by atoms with Crippen molar-refractivity contribution in [2.45, 2.75) is 83.2 Å². The number of hydrogen-bond donors (Lipinski definition) is 2. The number of amides is 2. The number of carbonyl (C=O) groups is 3. The maximum atomic E-state index is 12.8. The minimum Gasteiger partial charge on any atom is -0.349 e. The van der Waals surface area contributed by atoms with Crippen molar-refractivity contribution in [3.63, 3.8) is 0 Å². The maximum absolute atomic E-state index is 12.8. The number of nitrogens with zero attached hydrogens (tertiary/aromatic N) is 1. The molecule has 0 bridgehead atoms. The highest BCUT2D eigenvalue weighted by Crippen LogP contribution is 2.25. The number of rotatable bonds is 9. The summed E-state index contributed by atoms with van der Waals surface area (Å²) in [6.45, 7) is 1.65. The minimum absolute atomic E-state index is 0.150. The first-order chi connectivity index (χ1) is 13.7. The van der Waals surface area contributed by atoms with Gasteiger partial charge in [0.2, 0.25) is 21.7 Å². The van der Waals surface area contributed by atoms with Crippen molar-refractivity contribution in [2.75, 3.05) is 19.3 Å². The van der Waals surface area contributed by atoms with Crippen LogP contribution in [0.3, 0.4) is 0 Å². The third-order valence-electron chi connectivity index (χ3n) is 6.04. The second kappa shape index (κ2) is 11.1. The first-order valence-electron chi connectivity index (χ1n) is 10.8. The zero-order valence-electron chi connectivity index (χ0n) is 17.6. The normalized spacial score (nSPS) is 20.1. The van der Waals surface area contributed by atoms with Gasteiger partial charge < -0.3 is 10.2 Å². The summed E-state index contributed by atoms with van der Waals surface area (Å²) in [4.78, 5) is 39.4. The second-order valence-electron chi connectivity index (χ2n) is 8.44. The summed E-state index contributed by atoms with van der Waals surface area (Å²) in [6, 6.07) is -1.07. The van der Waals surface area contributed by atoms with Crippen molar-refractivity contribution >= 4 is 27.6 Å². The molecule has 2 amide bonds. The van der Waals surface area contributed by atoms with Gasteiger partial charge in [-0.2, -0.15) is 0 Å². The van der Waals surface area contributed by atoms with Gasteiger partial charge in [0.15, 0.2) is 0 Å². The molecular weight excluding hydrogens is 394 g/mol. The van der Waals surface area contributed by atoms with E-state index >= 15 is 0 Å². The van der Waals surface area contributed by atoms with Crippen LogP contribution in [0.5, 0.6) is 0 Å². The summed E-state index contributed by atoms with van der Waals surface area (Å²) in [6.07, 6.45) is 11.1. The first-order valence-corrected chi connectivity index (χ1v) is 12.7. The number of carbonyl (C=O) groups excluding carboxylic acids is 3. The highest BCUT2D eigenvalue weighted by Gasteiger charge is 2.35. The average Bonchev–Trinajstić information content (AvgIpc) is 2.71. The predicted molar refractivity (Wildman–Crippen MR) is 111 cm³/mol. The molecule has 2 N–H and O–H groups in total. The van der Waals surface area contributed by atoms with Crippen molar-refractivity contribution in [3.8, 4) is 0 Å². The van der Waals surface area contributed by atoms with Gasteiger partial charge in [-0.15, -0.1) is 0 Å². The number of hydrogen-bond acceptors (Lipinski definition) is 5. The van der Waals surface area contributed by atoms with Crippen LogP contribution in [0.25, 0.3) is 0 Å². The number of sulfonamides is 1. The van der Waals surface area contributed by atoms with Crippen LogP contribution in [0.2, 0.25) is 0 Å². The van der Waals surface area contributed by atoms with Crippen molar-refractivity contribution in [3.05, 3.63) is 0 Å². The van der Waals surface area contributed by atoms with Crippen LogP contribution >= 0.6 is 0 Å². The Morgan fingerprint density at radius 3 is 2.07 bits per heavy atom.